The molecule has 1 aromatic rings. The fourth-order valence-corrected chi connectivity index (χ4v) is 0.993. The molecule has 62 valence electrons. The van der Waals surface area contributed by atoms with Gasteiger partial charge in [-0.15, -0.1) is 0 Å². The van der Waals surface area contributed by atoms with Crippen LogP contribution in [0.5, 0.6) is 0 Å². The van der Waals surface area contributed by atoms with Crippen LogP contribution in [0.3, 0.4) is 0 Å². The zero-order valence-corrected chi connectivity index (χ0v) is 7.51. The second-order valence-electron chi connectivity index (χ2n) is 3.05. The van der Waals surface area contributed by atoms with Crippen molar-refractivity contribution in [3.63, 3.8) is 0 Å². The molecule has 0 bridgehead atoms. The highest BCUT2D eigenvalue weighted by Gasteiger charge is 1.95. The van der Waals surface area contributed by atoms with Crippen LogP contribution in [0.1, 0.15) is 12.5 Å². The lowest BCUT2D eigenvalue weighted by atomic mass is 10.0. The Morgan fingerprint density at radius 1 is 1.17 bits per heavy atom. The molecule has 0 saturated carbocycles. The fraction of sp³-hybridized carbons (Fsp3) is 0.167. The highest BCUT2D eigenvalue weighted by Crippen LogP contribution is 2.11. The summed E-state index contributed by atoms with van der Waals surface area (Å²) < 4.78 is 0. The summed E-state index contributed by atoms with van der Waals surface area (Å²) in [4.78, 5) is 0. The van der Waals surface area contributed by atoms with Crippen molar-refractivity contribution in [3.05, 3.63) is 60.2 Å². The molecule has 0 amide bonds. The first kappa shape index (κ1) is 8.79. The third-order valence-electron chi connectivity index (χ3n) is 1.86. The summed E-state index contributed by atoms with van der Waals surface area (Å²) in [5.41, 5.74) is 3.48. The molecular weight excluding hydrogens is 144 g/mol. The molecule has 12 heavy (non-hydrogen) atoms. The number of hydrogen-bond acceptors (Lipinski definition) is 0. The van der Waals surface area contributed by atoms with Crippen LogP contribution in [-0.2, 0) is 6.42 Å². The van der Waals surface area contributed by atoms with E-state index in [9.17, 15) is 0 Å². The Morgan fingerprint density at radius 2 is 1.75 bits per heavy atom. The molecule has 0 heterocycles. The van der Waals surface area contributed by atoms with Crippen LogP contribution in [0.2, 0.25) is 0 Å². The summed E-state index contributed by atoms with van der Waals surface area (Å²) in [6.45, 7) is 9.79. The van der Waals surface area contributed by atoms with Crippen molar-refractivity contribution in [2.24, 2.45) is 0 Å². The molecule has 1 aromatic carbocycles. The van der Waals surface area contributed by atoms with Crippen molar-refractivity contribution in [2.45, 2.75) is 13.3 Å². The monoisotopic (exact) mass is 158 g/mol. The summed E-state index contributed by atoms with van der Waals surface area (Å²) >= 11 is 0. The maximum absolute atomic E-state index is 3.95. The molecule has 0 fully saturated rings. The van der Waals surface area contributed by atoms with Crippen molar-refractivity contribution in [1.82, 2.24) is 0 Å². The number of allylic oxidation sites excluding steroid dienone is 2. The van der Waals surface area contributed by atoms with Crippen molar-refractivity contribution in [3.8, 4) is 0 Å². The van der Waals surface area contributed by atoms with Crippen molar-refractivity contribution >= 4 is 0 Å². The predicted molar refractivity (Wildman–Crippen MR) is 54.1 cm³/mol. The molecule has 0 saturated heterocycles. The lowest BCUT2D eigenvalue weighted by Crippen LogP contribution is -1.88. The van der Waals surface area contributed by atoms with Gasteiger partial charge in [-0.3, -0.25) is 0 Å². The van der Waals surface area contributed by atoms with Gasteiger partial charge in [0, 0.05) is 0 Å². The Hall–Kier alpha value is -1.30. The van der Waals surface area contributed by atoms with Crippen LogP contribution in [0.4, 0.5) is 0 Å². The highest BCUT2D eigenvalue weighted by molar-refractivity contribution is 5.30. The molecule has 0 aliphatic heterocycles. The predicted octanol–water partition coefficient (Wildman–Crippen LogP) is 3.36. The lowest BCUT2D eigenvalue weighted by molar-refractivity contribution is 1.16. The highest BCUT2D eigenvalue weighted by atomic mass is 14.0. The number of rotatable bonds is 3. The van der Waals surface area contributed by atoms with Crippen LogP contribution < -0.4 is 0 Å². The van der Waals surface area contributed by atoms with Gasteiger partial charge < -0.3 is 0 Å². The van der Waals surface area contributed by atoms with Gasteiger partial charge in [-0.1, -0.05) is 49.1 Å². The van der Waals surface area contributed by atoms with E-state index in [0.717, 1.165) is 17.6 Å². The van der Waals surface area contributed by atoms with Gasteiger partial charge in [0.25, 0.3) is 0 Å². The van der Waals surface area contributed by atoms with Crippen molar-refractivity contribution in [1.29, 1.82) is 0 Å². The normalized spacial score (nSPS) is 9.42. The quantitative estimate of drug-likeness (QED) is 0.592. The Labute approximate surface area is 74.2 Å². The van der Waals surface area contributed by atoms with Crippen LogP contribution in [0, 0.1) is 0 Å². The van der Waals surface area contributed by atoms with Gasteiger partial charge in [0.05, 0.1) is 0 Å². The summed E-state index contributed by atoms with van der Waals surface area (Å²) in [6, 6.07) is 10.3. The molecule has 0 atom stereocenters. The first-order valence-corrected chi connectivity index (χ1v) is 4.07. The minimum atomic E-state index is 0.913. The second kappa shape index (κ2) is 3.91. The van der Waals surface area contributed by atoms with E-state index in [1.165, 1.54) is 5.56 Å². The zero-order chi connectivity index (χ0) is 8.97. The van der Waals surface area contributed by atoms with E-state index in [1.54, 1.807) is 0 Å². The van der Waals surface area contributed by atoms with Crippen LogP contribution in [-0.4, -0.2) is 0 Å². The first-order valence-electron chi connectivity index (χ1n) is 4.07. The van der Waals surface area contributed by atoms with Crippen molar-refractivity contribution < 1.29 is 0 Å². The van der Waals surface area contributed by atoms with Gasteiger partial charge in [-0.25, -0.2) is 0 Å². The number of benzene rings is 1. The van der Waals surface area contributed by atoms with E-state index in [1.807, 2.05) is 25.1 Å². The van der Waals surface area contributed by atoms with E-state index in [2.05, 4.69) is 25.3 Å². The molecule has 0 aliphatic rings. The molecule has 0 nitrogen and oxygen atoms in total. The molecule has 0 heteroatoms. The Bertz CT molecular complexity index is 280. The van der Waals surface area contributed by atoms with E-state index in [0.29, 0.717) is 0 Å². The Kier molecular flexibility index (Phi) is 2.87. The molecule has 0 aliphatic carbocycles. The van der Waals surface area contributed by atoms with Gasteiger partial charge >= 0.3 is 0 Å². The maximum Gasteiger partial charge on any atom is -0.00292 e. The molecule has 0 spiro atoms. The molecule has 1 rings (SSSR count). The topological polar surface area (TPSA) is 0 Å². The van der Waals surface area contributed by atoms with Gasteiger partial charge in [-0.05, 0) is 24.5 Å². The third-order valence-corrected chi connectivity index (χ3v) is 1.86. The van der Waals surface area contributed by atoms with Crippen LogP contribution >= 0.6 is 0 Å². The van der Waals surface area contributed by atoms with Gasteiger partial charge in [0.2, 0.25) is 0 Å². The van der Waals surface area contributed by atoms with E-state index in [4.69, 9.17) is 0 Å². The summed E-state index contributed by atoms with van der Waals surface area (Å²) in [7, 11) is 0. The first-order chi connectivity index (χ1) is 5.70. The second-order valence-corrected chi connectivity index (χ2v) is 3.05. The molecule has 0 N–H and O–H groups in total. The Morgan fingerprint density at radius 3 is 2.25 bits per heavy atom. The van der Waals surface area contributed by atoms with Crippen LogP contribution in [0.15, 0.2) is 54.6 Å². The Balaban J connectivity index is 2.65. The average Bonchev–Trinajstić information content (AvgIpc) is 2.06. The maximum atomic E-state index is 3.95. The molecule has 0 radical (unpaired) electrons. The molecule has 0 unspecified atom stereocenters. The largest absolute Gasteiger partial charge is 0.0958 e. The van der Waals surface area contributed by atoms with Gasteiger partial charge in [-0.2, -0.15) is 0 Å². The van der Waals surface area contributed by atoms with E-state index >= 15 is 0 Å². The fourth-order valence-electron chi connectivity index (χ4n) is 0.993. The SMILES string of the molecule is C=C(C)C(=C)Cc1ccccc1. The minimum Gasteiger partial charge on any atom is -0.0958 e. The third kappa shape index (κ3) is 2.39. The average molecular weight is 158 g/mol. The van der Waals surface area contributed by atoms with E-state index < -0.39 is 0 Å². The minimum absolute atomic E-state index is 0.913. The van der Waals surface area contributed by atoms with Crippen LogP contribution in [0.25, 0.3) is 0 Å². The zero-order valence-electron chi connectivity index (χ0n) is 7.51. The smallest absolute Gasteiger partial charge is 0.00292 e. The number of hydrogen-bond donors (Lipinski definition) is 0. The molecule has 0 aromatic heterocycles. The molecular formula is C12H14. The van der Waals surface area contributed by atoms with E-state index in [-0.39, 0.29) is 0 Å². The summed E-state index contributed by atoms with van der Waals surface area (Å²) in [5, 5.41) is 0. The van der Waals surface area contributed by atoms with Gasteiger partial charge in [0.1, 0.15) is 0 Å². The lowest BCUT2D eigenvalue weighted by Gasteiger charge is -2.03. The summed E-state index contributed by atoms with van der Waals surface area (Å²) in [6.07, 6.45) is 0.913. The van der Waals surface area contributed by atoms with Crippen molar-refractivity contribution in [2.75, 3.05) is 0 Å². The standard InChI is InChI=1S/C12H14/c1-10(2)11(3)9-12-7-5-4-6-8-12/h4-8H,1,3,9H2,2H3. The summed E-state index contributed by atoms with van der Waals surface area (Å²) in [5.74, 6) is 0. The van der Waals surface area contributed by atoms with Gasteiger partial charge in [0.15, 0.2) is 0 Å².